The van der Waals surface area contributed by atoms with Crippen LogP contribution in [-0.4, -0.2) is 12.3 Å². The monoisotopic (exact) mass is 245 g/mol. The molecule has 0 radical (unpaired) electrons. The second-order valence-corrected chi connectivity index (χ2v) is 5.11. The van der Waals surface area contributed by atoms with E-state index in [0.717, 1.165) is 18.7 Å². The molecule has 1 N–H and O–H groups in total. The second kappa shape index (κ2) is 6.86. The number of hydrogen-bond donors (Lipinski definition) is 1. The maximum Gasteiger partial charge on any atom is 0.288 e. The van der Waals surface area contributed by atoms with Gasteiger partial charge >= 0.3 is 0 Å². The molecule has 0 aliphatic heterocycles. The third-order valence-corrected chi connectivity index (χ3v) is 2.71. The van der Waals surface area contributed by atoms with Crippen LogP contribution in [0, 0.1) is 5.92 Å². The smallest absolute Gasteiger partial charge is 0.288 e. The molecule has 0 aromatic heterocycles. The second-order valence-electron chi connectivity index (χ2n) is 4.05. The van der Waals surface area contributed by atoms with Crippen molar-refractivity contribution in [1.29, 1.82) is 0 Å². The first kappa shape index (κ1) is 13.5. The summed E-state index contributed by atoms with van der Waals surface area (Å²) in [5.41, 5.74) is 1.05. The predicted octanol–water partition coefficient (Wildman–Crippen LogP) is 3.75. The molecule has 1 aromatic carbocycles. The number of thioether (sulfide) groups is 1. The minimum absolute atomic E-state index is 0.591. The van der Waals surface area contributed by atoms with Crippen molar-refractivity contribution in [2.24, 2.45) is 5.92 Å². The van der Waals surface area contributed by atoms with Crippen molar-refractivity contribution in [3.8, 4) is 0 Å². The maximum atomic E-state index is 12.2. The topological polar surface area (TPSA) is 12.0 Å². The minimum atomic E-state index is -2.35. The summed E-state index contributed by atoms with van der Waals surface area (Å²) in [4.78, 5) is 0.624. The average molecular weight is 245 g/mol. The van der Waals surface area contributed by atoms with Crippen molar-refractivity contribution >= 4 is 11.8 Å². The van der Waals surface area contributed by atoms with Crippen LogP contribution in [0.25, 0.3) is 0 Å². The lowest BCUT2D eigenvalue weighted by atomic mass is 10.2. The highest BCUT2D eigenvalue weighted by atomic mass is 32.2. The van der Waals surface area contributed by atoms with Crippen molar-refractivity contribution in [3.63, 3.8) is 0 Å². The molecule has 0 spiro atoms. The Kier molecular flexibility index (Phi) is 5.77. The third-order valence-electron chi connectivity index (χ3n) is 2.01. The van der Waals surface area contributed by atoms with E-state index in [2.05, 4.69) is 19.2 Å². The van der Waals surface area contributed by atoms with Gasteiger partial charge in [0.05, 0.1) is 0 Å². The fourth-order valence-electron chi connectivity index (χ4n) is 1.34. The fourth-order valence-corrected chi connectivity index (χ4v) is 1.92. The predicted molar refractivity (Wildman–Crippen MR) is 64.8 cm³/mol. The van der Waals surface area contributed by atoms with Crippen LogP contribution in [0.5, 0.6) is 0 Å². The molecule has 0 atom stereocenters. The van der Waals surface area contributed by atoms with Crippen LogP contribution in [0.3, 0.4) is 0 Å². The van der Waals surface area contributed by atoms with E-state index in [4.69, 9.17) is 0 Å². The molecule has 0 bridgehead atoms. The number of benzene rings is 1. The highest BCUT2D eigenvalue weighted by Crippen LogP contribution is 2.25. The van der Waals surface area contributed by atoms with Crippen LogP contribution < -0.4 is 5.32 Å². The molecule has 90 valence electrons. The van der Waals surface area contributed by atoms with E-state index in [1.807, 2.05) is 18.2 Å². The molecule has 0 saturated carbocycles. The van der Waals surface area contributed by atoms with Gasteiger partial charge in [0.15, 0.2) is 0 Å². The molecule has 0 fully saturated rings. The normalized spacial score (nSPS) is 11.4. The summed E-state index contributed by atoms with van der Waals surface area (Å²) in [5, 5.41) is 3.28. The van der Waals surface area contributed by atoms with Crippen molar-refractivity contribution in [2.45, 2.75) is 31.0 Å². The third kappa shape index (κ3) is 5.47. The highest BCUT2D eigenvalue weighted by molar-refractivity contribution is 7.99. The molecular weight excluding hydrogens is 228 g/mol. The van der Waals surface area contributed by atoms with Gasteiger partial charge in [-0.05, 0) is 30.2 Å². The standard InChI is InChI=1S/C12H17F2NS/c1-9(2)7-15-8-10-4-3-5-11(6-10)16-12(13)14/h3-6,9,12,15H,7-8H2,1-2H3. The molecule has 4 heteroatoms. The summed E-state index contributed by atoms with van der Waals surface area (Å²) >= 11 is 0.591. The summed E-state index contributed by atoms with van der Waals surface area (Å²) in [5.74, 6) is -1.75. The van der Waals surface area contributed by atoms with Crippen LogP contribution in [-0.2, 0) is 6.54 Å². The zero-order valence-electron chi connectivity index (χ0n) is 9.54. The molecule has 1 aromatic rings. The van der Waals surface area contributed by atoms with Gasteiger partial charge in [-0.2, -0.15) is 8.78 Å². The maximum absolute atomic E-state index is 12.2. The first-order chi connectivity index (χ1) is 7.58. The first-order valence-electron chi connectivity index (χ1n) is 5.32. The van der Waals surface area contributed by atoms with Crippen LogP contribution in [0.4, 0.5) is 8.78 Å². The SMILES string of the molecule is CC(C)CNCc1cccc(SC(F)F)c1. The van der Waals surface area contributed by atoms with Crippen molar-refractivity contribution < 1.29 is 8.78 Å². The fraction of sp³-hybridized carbons (Fsp3) is 0.500. The van der Waals surface area contributed by atoms with Gasteiger partial charge in [-0.25, -0.2) is 0 Å². The van der Waals surface area contributed by atoms with Crippen molar-refractivity contribution in [2.75, 3.05) is 6.54 Å². The minimum Gasteiger partial charge on any atom is -0.312 e. The van der Waals surface area contributed by atoms with Crippen LogP contribution in [0.1, 0.15) is 19.4 Å². The zero-order valence-corrected chi connectivity index (χ0v) is 10.4. The Balaban J connectivity index is 2.47. The molecule has 0 saturated heterocycles. The largest absolute Gasteiger partial charge is 0.312 e. The van der Waals surface area contributed by atoms with E-state index in [1.165, 1.54) is 0 Å². The lowest BCUT2D eigenvalue weighted by Crippen LogP contribution is -2.18. The van der Waals surface area contributed by atoms with Crippen LogP contribution in [0.2, 0.25) is 0 Å². The van der Waals surface area contributed by atoms with Gasteiger partial charge < -0.3 is 5.32 Å². The van der Waals surface area contributed by atoms with Gasteiger partial charge in [0.1, 0.15) is 0 Å². The summed E-state index contributed by atoms with van der Waals surface area (Å²) in [6.07, 6.45) is 0. The molecule has 1 rings (SSSR count). The van der Waals surface area contributed by atoms with E-state index in [-0.39, 0.29) is 0 Å². The first-order valence-corrected chi connectivity index (χ1v) is 6.20. The Labute approximate surface area is 99.6 Å². The Morgan fingerprint density at radius 1 is 1.31 bits per heavy atom. The van der Waals surface area contributed by atoms with Gasteiger partial charge in [-0.3, -0.25) is 0 Å². The van der Waals surface area contributed by atoms with Crippen LogP contribution in [0.15, 0.2) is 29.2 Å². The lowest BCUT2D eigenvalue weighted by Gasteiger charge is -2.08. The number of nitrogens with one attached hydrogen (secondary N) is 1. The summed E-state index contributed by atoms with van der Waals surface area (Å²) in [7, 11) is 0. The zero-order chi connectivity index (χ0) is 12.0. The Bertz CT molecular complexity index is 316. The summed E-state index contributed by atoms with van der Waals surface area (Å²) < 4.78 is 24.3. The molecular formula is C12H17F2NS. The van der Waals surface area contributed by atoms with Gasteiger partial charge in [-0.1, -0.05) is 37.7 Å². The number of alkyl halides is 2. The molecule has 0 aliphatic rings. The van der Waals surface area contributed by atoms with Crippen molar-refractivity contribution in [1.82, 2.24) is 5.32 Å². The Hall–Kier alpha value is -0.610. The van der Waals surface area contributed by atoms with Crippen LogP contribution >= 0.6 is 11.8 Å². The molecule has 1 nitrogen and oxygen atoms in total. The van der Waals surface area contributed by atoms with Gasteiger partial charge in [0, 0.05) is 11.4 Å². The Morgan fingerprint density at radius 2 is 2.06 bits per heavy atom. The molecule has 0 aliphatic carbocycles. The molecule has 0 heterocycles. The lowest BCUT2D eigenvalue weighted by molar-refractivity contribution is 0.252. The summed E-state index contributed by atoms with van der Waals surface area (Å²) in [6.45, 7) is 5.94. The van der Waals surface area contributed by atoms with E-state index < -0.39 is 5.76 Å². The number of halogens is 2. The summed E-state index contributed by atoms with van der Waals surface area (Å²) in [6, 6.07) is 7.28. The number of hydrogen-bond acceptors (Lipinski definition) is 2. The molecule has 16 heavy (non-hydrogen) atoms. The van der Waals surface area contributed by atoms with Gasteiger partial charge in [-0.15, -0.1) is 0 Å². The number of rotatable bonds is 6. The average Bonchev–Trinajstić information content (AvgIpc) is 2.16. The van der Waals surface area contributed by atoms with Gasteiger partial charge in [0.25, 0.3) is 5.76 Å². The molecule has 0 unspecified atom stereocenters. The van der Waals surface area contributed by atoms with Gasteiger partial charge in [0.2, 0.25) is 0 Å². The van der Waals surface area contributed by atoms with E-state index >= 15 is 0 Å². The highest BCUT2D eigenvalue weighted by Gasteiger charge is 2.05. The van der Waals surface area contributed by atoms with Crippen molar-refractivity contribution in [3.05, 3.63) is 29.8 Å². The quantitative estimate of drug-likeness (QED) is 0.766. The van der Waals surface area contributed by atoms with E-state index in [9.17, 15) is 8.78 Å². The van der Waals surface area contributed by atoms with E-state index in [0.29, 0.717) is 22.6 Å². The molecule has 0 amide bonds. The Morgan fingerprint density at radius 3 is 2.69 bits per heavy atom. The van der Waals surface area contributed by atoms with E-state index in [1.54, 1.807) is 6.07 Å².